The van der Waals surface area contributed by atoms with E-state index < -0.39 is 0 Å². The van der Waals surface area contributed by atoms with Crippen LogP contribution < -0.4 is 0 Å². The average molecular weight is 290 g/mol. The van der Waals surface area contributed by atoms with E-state index in [0.29, 0.717) is 11.8 Å². The van der Waals surface area contributed by atoms with Gasteiger partial charge in [0, 0.05) is 11.8 Å². The van der Waals surface area contributed by atoms with Gasteiger partial charge in [0.2, 0.25) is 0 Å². The molecule has 5 saturated carbocycles. The highest BCUT2D eigenvalue weighted by molar-refractivity contribution is 5.69. The largest absolute Gasteiger partial charge is 0.465 e. The molecule has 0 N–H and O–H groups in total. The van der Waals surface area contributed by atoms with Crippen LogP contribution in [0.1, 0.15) is 77.0 Å². The van der Waals surface area contributed by atoms with Crippen LogP contribution in [0.4, 0.5) is 0 Å². The first kappa shape index (κ1) is 14.1. The van der Waals surface area contributed by atoms with E-state index in [2.05, 4.69) is 0 Å². The van der Waals surface area contributed by atoms with E-state index >= 15 is 0 Å². The third kappa shape index (κ3) is 3.00. The third-order valence-corrected chi connectivity index (χ3v) is 6.94. The van der Waals surface area contributed by atoms with Gasteiger partial charge >= 0.3 is 5.97 Å². The zero-order valence-corrected chi connectivity index (χ0v) is 13.3. The van der Waals surface area contributed by atoms with Crippen molar-refractivity contribution in [3.8, 4) is 0 Å². The summed E-state index contributed by atoms with van der Waals surface area (Å²) in [5.74, 6) is 3.74. The van der Waals surface area contributed by atoms with Crippen LogP contribution in [0, 0.1) is 29.1 Å². The second-order valence-corrected chi connectivity index (χ2v) is 8.77. The number of ether oxygens (including phenoxy) is 1. The van der Waals surface area contributed by atoms with Gasteiger partial charge in [-0.25, -0.2) is 0 Å². The second-order valence-electron chi connectivity index (χ2n) is 8.77. The van der Waals surface area contributed by atoms with Gasteiger partial charge in [-0.3, -0.25) is 4.79 Å². The van der Waals surface area contributed by atoms with Crippen LogP contribution in [-0.4, -0.2) is 12.6 Å². The molecule has 0 aromatic carbocycles. The molecular weight excluding hydrogens is 260 g/mol. The quantitative estimate of drug-likeness (QED) is 0.685. The van der Waals surface area contributed by atoms with E-state index in [0.717, 1.165) is 36.7 Å². The number of carbonyl (C=O) groups is 1. The molecule has 21 heavy (non-hydrogen) atoms. The molecule has 0 aromatic heterocycles. The Hall–Kier alpha value is -0.530. The van der Waals surface area contributed by atoms with Gasteiger partial charge in [-0.05, 0) is 68.6 Å². The lowest BCUT2D eigenvalue weighted by Gasteiger charge is -2.56. The molecule has 5 rings (SSSR count). The van der Waals surface area contributed by atoms with E-state index in [4.69, 9.17) is 4.74 Å². The molecule has 0 radical (unpaired) electrons. The summed E-state index contributed by atoms with van der Waals surface area (Å²) in [7, 11) is 0. The Bertz CT molecular complexity index is 359. The Morgan fingerprint density at radius 2 is 1.52 bits per heavy atom. The van der Waals surface area contributed by atoms with Gasteiger partial charge in [-0.1, -0.05) is 25.7 Å². The van der Waals surface area contributed by atoms with Gasteiger partial charge in [0.25, 0.3) is 0 Å². The Morgan fingerprint density at radius 3 is 2.10 bits per heavy atom. The third-order valence-electron chi connectivity index (χ3n) is 6.94. The highest BCUT2D eigenvalue weighted by Gasteiger charge is 2.51. The van der Waals surface area contributed by atoms with Crippen molar-refractivity contribution in [3.63, 3.8) is 0 Å². The van der Waals surface area contributed by atoms with Crippen molar-refractivity contribution >= 4 is 5.97 Å². The molecular formula is C19H30O2. The molecule has 5 aliphatic rings. The molecule has 0 unspecified atom stereocenters. The van der Waals surface area contributed by atoms with Crippen molar-refractivity contribution in [2.75, 3.05) is 6.61 Å². The van der Waals surface area contributed by atoms with Gasteiger partial charge in [-0.2, -0.15) is 0 Å². The topological polar surface area (TPSA) is 26.3 Å². The summed E-state index contributed by atoms with van der Waals surface area (Å²) < 4.78 is 5.75. The number of esters is 1. The van der Waals surface area contributed by atoms with E-state index in [1.54, 1.807) is 0 Å². The van der Waals surface area contributed by atoms with Gasteiger partial charge < -0.3 is 4.74 Å². The van der Waals surface area contributed by atoms with Crippen molar-refractivity contribution in [2.24, 2.45) is 29.1 Å². The van der Waals surface area contributed by atoms with Gasteiger partial charge in [0.05, 0.1) is 6.61 Å². The molecule has 0 saturated heterocycles. The minimum Gasteiger partial charge on any atom is -0.465 e. The predicted octanol–water partition coefficient (Wildman–Crippen LogP) is 4.72. The Morgan fingerprint density at radius 1 is 0.952 bits per heavy atom. The SMILES string of the molecule is O=C(CCC1CCCC1)OCC12CC3CC(CC(C3)C1)C2. The summed E-state index contributed by atoms with van der Waals surface area (Å²) in [6, 6.07) is 0. The number of carbonyl (C=O) groups excluding carboxylic acids is 1. The van der Waals surface area contributed by atoms with E-state index in [1.807, 2.05) is 0 Å². The maximum Gasteiger partial charge on any atom is 0.305 e. The molecule has 4 bridgehead atoms. The van der Waals surface area contributed by atoms with Gasteiger partial charge in [-0.15, -0.1) is 0 Å². The van der Waals surface area contributed by atoms with E-state index in [-0.39, 0.29) is 5.97 Å². The van der Waals surface area contributed by atoms with Crippen LogP contribution in [0.2, 0.25) is 0 Å². The van der Waals surface area contributed by atoms with Crippen molar-refractivity contribution in [3.05, 3.63) is 0 Å². The molecule has 5 fully saturated rings. The maximum absolute atomic E-state index is 12.1. The molecule has 0 aromatic rings. The summed E-state index contributed by atoms with van der Waals surface area (Å²) in [5.41, 5.74) is 0.387. The highest BCUT2D eigenvalue weighted by atomic mass is 16.5. The van der Waals surface area contributed by atoms with Crippen LogP contribution in [0.15, 0.2) is 0 Å². The summed E-state index contributed by atoms with van der Waals surface area (Å²) in [5, 5.41) is 0. The average Bonchev–Trinajstić information content (AvgIpc) is 2.95. The summed E-state index contributed by atoms with van der Waals surface area (Å²) in [4.78, 5) is 12.1. The monoisotopic (exact) mass is 290 g/mol. The van der Waals surface area contributed by atoms with Crippen molar-refractivity contribution in [1.29, 1.82) is 0 Å². The van der Waals surface area contributed by atoms with Crippen LogP contribution >= 0.6 is 0 Å². The lowest BCUT2D eigenvalue weighted by molar-refractivity contribution is -0.155. The van der Waals surface area contributed by atoms with Crippen molar-refractivity contribution in [1.82, 2.24) is 0 Å². The number of rotatable bonds is 5. The van der Waals surface area contributed by atoms with Crippen LogP contribution in [-0.2, 0) is 9.53 Å². The maximum atomic E-state index is 12.1. The lowest BCUT2D eigenvalue weighted by atomic mass is 9.50. The summed E-state index contributed by atoms with van der Waals surface area (Å²) in [6.45, 7) is 0.736. The molecule has 0 amide bonds. The first-order valence-electron chi connectivity index (χ1n) is 9.36. The van der Waals surface area contributed by atoms with Crippen molar-refractivity contribution in [2.45, 2.75) is 77.0 Å². The van der Waals surface area contributed by atoms with Crippen LogP contribution in [0.25, 0.3) is 0 Å². The Labute approximate surface area is 129 Å². The Balaban J connectivity index is 1.25. The zero-order chi connectivity index (χ0) is 14.3. The second kappa shape index (κ2) is 5.59. The highest BCUT2D eigenvalue weighted by Crippen LogP contribution is 2.60. The lowest BCUT2D eigenvalue weighted by Crippen LogP contribution is -2.48. The summed E-state index contributed by atoms with van der Waals surface area (Å²) >= 11 is 0. The molecule has 118 valence electrons. The first-order chi connectivity index (χ1) is 10.2. The number of hydrogen-bond donors (Lipinski definition) is 0. The fraction of sp³-hybridized carbons (Fsp3) is 0.947. The van der Waals surface area contributed by atoms with Gasteiger partial charge in [0.1, 0.15) is 0 Å². The summed E-state index contributed by atoms with van der Waals surface area (Å²) in [6.07, 6.45) is 15.6. The van der Waals surface area contributed by atoms with Crippen LogP contribution in [0.5, 0.6) is 0 Å². The number of hydrogen-bond acceptors (Lipinski definition) is 2. The van der Waals surface area contributed by atoms with E-state index in [1.165, 1.54) is 64.2 Å². The molecule has 0 aliphatic heterocycles. The molecule has 0 atom stereocenters. The van der Waals surface area contributed by atoms with Crippen molar-refractivity contribution < 1.29 is 9.53 Å². The smallest absolute Gasteiger partial charge is 0.305 e. The minimum atomic E-state index is 0.0812. The fourth-order valence-corrected chi connectivity index (χ4v) is 6.39. The molecule has 0 heterocycles. The first-order valence-corrected chi connectivity index (χ1v) is 9.36. The zero-order valence-electron chi connectivity index (χ0n) is 13.3. The fourth-order valence-electron chi connectivity index (χ4n) is 6.39. The normalized spacial score (nSPS) is 41.6. The molecule has 2 nitrogen and oxygen atoms in total. The van der Waals surface area contributed by atoms with Gasteiger partial charge in [0.15, 0.2) is 0 Å². The standard InChI is InChI=1S/C19H30O2/c20-18(6-5-14-3-1-2-4-14)21-13-19-10-15-7-16(11-19)9-17(8-15)12-19/h14-17H,1-13H2. The molecule has 0 spiro atoms. The minimum absolute atomic E-state index is 0.0812. The predicted molar refractivity (Wildman–Crippen MR) is 82.8 cm³/mol. The molecule has 2 heteroatoms. The van der Waals surface area contributed by atoms with E-state index in [9.17, 15) is 4.79 Å². The molecule has 5 aliphatic carbocycles. The Kier molecular flexibility index (Phi) is 3.75. The van der Waals surface area contributed by atoms with Crippen LogP contribution in [0.3, 0.4) is 0 Å².